The third kappa shape index (κ3) is 3.07. The molecule has 2 aromatic heterocycles. The highest BCUT2D eigenvalue weighted by Gasteiger charge is 2.32. The second kappa shape index (κ2) is 6.40. The zero-order chi connectivity index (χ0) is 19.2. The first kappa shape index (κ1) is 17.6. The Hall–Kier alpha value is -2.84. The van der Waals surface area contributed by atoms with E-state index >= 15 is 0 Å². The molecule has 1 N–H and O–H groups in total. The fraction of sp³-hybridized carbons (Fsp3) is 0.389. The van der Waals surface area contributed by atoms with Crippen LogP contribution in [0.3, 0.4) is 0 Å². The summed E-state index contributed by atoms with van der Waals surface area (Å²) in [6.45, 7) is 3.19. The maximum Gasteiger partial charge on any atom is 0.416 e. The summed E-state index contributed by atoms with van der Waals surface area (Å²) in [5, 5.41) is 0.534. The largest absolute Gasteiger partial charge is 0.416 e. The van der Waals surface area contributed by atoms with Crippen molar-refractivity contribution in [2.45, 2.75) is 32.0 Å². The molecule has 1 aromatic carbocycles. The Morgan fingerprint density at radius 1 is 1.22 bits per heavy atom. The summed E-state index contributed by atoms with van der Waals surface area (Å²) in [5.41, 5.74) is -0.621. The number of nitrogens with zero attached hydrogens (tertiary/aromatic N) is 4. The van der Waals surface area contributed by atoms with Crippen LogP contribution in [0.25, 0.3) is 10.9 Å². The standard InChI is InChI=1S/C18H18F3N5O/c1-11(14-9-22-10-23-14)26-15-8-12(18(19,20)21)4-5-13(15)16(24-17(26)27)25-6-2-3-7-25/h4-5,8-11H,2-3,6-7H2,1H3,(H,22,23)/t11-/m0/s1. The summed E-state index contributed by atoms with van der Waals surface area (Å²) in [6, 6.07) is 2.92. The lowest BCUT2D eigenvalue weighted by atomic mass is 10.1. The Kier molecular flexibility index (Phi) is 4.16. The average Bonchev–Trinajstić information content (AvgIpc) is 3.33. The Bertz CT molecular complexity index is 1020. The number of imidazole rings is 1. The molecule has 27 heavy (non-hydrogen) atoms. The van der Waals surface area contributed by atoms with Crippen LogP contribution in [-0.2, 0) is 6.18 Å². The molecule has 0 saturated carbocycles. The fourth-order valence-electron chi connectivity index (χ4n) is 3.58. The number of hydrogen-bond donors (Lipinski definition) is 1. The Morgan fingerprint density at radius 2 is 1.96 bits per heavy atom. The highest BCUT2D eigenvalue weighted by molar-refractivity contribution is 5.90. The van der Waals surface area contributed by atoms with Crippen molar-refractivity contribution in [3.63, 3.8) is 0 Å². The second-order valence-electron chi connectivity index (χ2n) is 6.68. The number of fused-ring (bicyclic) bond motifs is 1. The molecule has 1 atom stereocenters. The number of aromatic amines is 1. The number of nitrogens with one attached hydrogen (secondary N) is 1. The zero-order valence-electron chi connectivity index (χ0n) is 14.6. The summed E-state index contributed by atoms with van der Waals surface area (Å²) in [7, 11) is 0. The van der Waals surface area contributed by atoms with Crippen LogP contribution in [0.15, 0.2) is 35.5 Å². The topological polar surface area (TPSA) is 66.8 Å². The van der Waals surface area contributed by atoms with Gasteiger partial charge >= 0.3 is 11.9 Å². The van der Waals surface area contributed by atoms with E-state index in [-0.39, 0.29) is 5.52 Å². The van der Waals surface area contributed by atoms with Crippen molar-refractivity contribution in [2.75, 3.05) is 18.0 Å². The normalized spacial score (nSPS) is 16.2. The molecule has 3 heterocycles. The molecule has 4 rings (SSSR count). The van der Waals surface area contributed by atoms with Crippen molar-refractivity contribution in [3.8, 4) is 0 Å². The minimum Gasteiger partial charge on any atom is -0.356 e. The van der Waals surface area contributed by atoms with Gasteiger partial charge in [-0.05, 0) is 38.0 Å². The first-order chi connectivity index (χ1) is 12.9. The lowest BCUT2D eigenvalue weighted by Gasteiger charge is -2.23. The van der Waals surface area contributed by atoms with Gasteiger partial charge in [-0.3, -0.25) is 4.57 Å². The Balaban J connectivity index is 1.99. The van der Waals surface area contributed by atoms with Crippen LogP contribution in [-0.4, -0.2) is 32.6 Å². The van der Waals surface area contributed by atoms with Crippen LogP contribution >= 0.6 is 0 Å². The van der Waals surface area contributed by atoms with Crippen molar-refractivity contribution in [1.29, 1.82) is 0 Å². The molecule has 6 nitrogen and oxygen atoms in total. The third-order valence-corrected chi connectivity index (χ3v) is 4.97. The first-order valence-electron chi connectivity index (χ1n) is 8.73. The third-order valence-electron chi connectivity index (χ3n) is 4.97. The molecule has 1 saturated heterocycles. The molecule has 3 aromatic rings. The number of aromatic nitrogens is 4. The highest BCUT2D eigenvalue weighted by Crippen LogP contribution is 2.34. The predicted octanol–water partition coefficient (Wildman–Crippen LogP) is 3.35. The van der Waals surface area contributed by atoms with E-state index in [1.165, 1.54) is 17.0 Å². The van der Waals surface area contributed by atoms with Gasteiger partial charge in [0.05, 0.1) is 29.1 Å². The molecular weight excluding hydrogens is 359 g/mol. The molecule has 0 amide bonds. The van der Waals surface area contributed by atoms with Gasteiger partial charge in [0.2, 0.25) is 0 Å². The lowest BCUT2D eigenvalue weighted by Crippen LogP contribution is -2.31. The van der Waals surface area contributed by atoms with Crippen LogP contribution in [0.4, 0.5) is 19.0 Å². The molecule has 0 aliphatic carbocycles. The molecule has 0 bridgehead atoms. The lowest BCUT2D eigenvalue weighted by molar-refractivity contribution is -0.137. The minimum atomic E-state index is -4.50. The quantitative estimate of drug-likeness (QED) is 0.760. The number of hydrogen-bond acceptors (Lipinski definition) is 4. The number of halogens is 3. The van der Waals surface area contributed by atoms with Crippen molar-refractivity contribution >= 4 is 16.7 Å². The van der Waals surface area contributed by atoms with Crippen LogP contribution in [0, 0.1) is 0 Å². The van der Waals surface area contributed by atoms with Crippen molar-refractivity contribution in [3.05, 3.63) is 52.5 Å². The van der Waals surface area contributed by atoms with Crippen LogP contribution in [0.2, 0.25) is 0 Å². The van der Waals surface area contributed by atoms with Gasteiger partial charge in [0.15, 0.2) is 0 Å². The number of H-pyrrole nitrogens is 1. The average molecular weight is 377 g/mol. The summed E-state index contributed by atoms with van der Waals surface area (Å²) < 4.78 is 41.2. The van der Waals surface area contributed by atoms with E-state index in [4.69, 9.17) is 0 Å². The molecule has 0 spiro atoms. The summed E-state index contributed by atoms with van der Waals surface area (Å²) in [5.74, 6) is 0.451. The zero-order valence-corrected chi connectivity index (χ0v) is 14.6. The van der Waals surface area contributed by atoms with E-state index in [0.717, 1.165) is 38.1 Å². The number of benzene rings is 1. The SMILES string of the molecule is C[C@@H](c1c[nH]cn1)n1c(=O)nc(N2CCCC2)c2ccc(C(F)(F)F)cc21. The Labute approximate surface area is 152 Å². The van der Waals surface area contributed by atoms with E-state index in [0.29, 0.717) is 16.9 Å². The summed E-state index contributed by atoms with van der Waals surface area (Å²) in [4.78, 5) is 25.9. The molecule has 1 aliphatic rings. The molecule has 1 fully saturated rings. The van der Waals surface area contributed by atoms with E-state index in [1.54, 1.807) is 13.1 Å². The van der Waals surface area contributed by atoms with Gasteiger partial charge in [-0.25, -0.2) is 9.78 Å². The highest BCUT2D eigenvalue weighted by atomic mass is 19.4. The van der Waals surface area contributed by atoms with Gasteiger partial charge in [0.1, 0.15) is 5.82 Å². The summed E-state index contributed by atoms with van der Waals surface area (Å²) >= 11 is 0. The first-order valence-corrected chi connectivity index (χ1v) is 8.73. The predicted molar refractivity (Wildman–Crippen MR) is 94.9 cm³/mol. The molecule has 9 heteroatoms. The van der Waals surface area contributed by atoms with Crippen LogP contribution < -0.4 is 10.6 Å². The molecule has 0 unspecified atom stereocenters. The molecule has 142 valence electrons. The second-order valence-corrected chi connectivity index (χ2v) is 6.68. The van der Waals surface area contributed by atoms with E-state index in [1.807, 2.05) is 4.90 Å². The van der Waals surface area contributed by atoms with Crippen molar-refractivity contribution in [2.24, 2.45) is 0 Å². The minimum absolute atomic E-state index is 0.210. The van der Waals surface area contributed by atoms with Gasteiger partial charge in [-0.1, -0.05) is 0 Å². The van der Waals surface area contributed by atoms with Crippen molar-refractivity contribution in [1.82, 2.24) is 19.5 Å². The van der Waals surface area contributed by atoms with Gasteiger partial charge < -0.3 is 9.88 Å². The Morgan fingerprint density at radius 3 is 2.59 bits per heavy atom. The maximum absolute atomic E-state index is 13.3. The van der Waals surface area contributed by atoms with E-state index in [2.05, 4.69) is 15.0 Å². The summed E-state index contributed by atoms with van der Waals surface area (Å²) in [6.07, 6.45) is 0.520. The van der Waals surface area contributed by atoms with Gasteiger partial charge in [0.25, 0.3) is 0 Å². The van der Waals surface area contributed by atoms with Crippen LogP contribution in [0.5, 0.6) is 0 Å². The van der Waals surface area contributed by atoms with E-state index in [9.17, 15) is 18.0 Å². The number of alkyl halides is 3. The number of anilines is 1. The monoisotopic (exact) mass is 377 g/mol. The fourth-order valence-corrected chi connectivity index (χ4v) is 3.58. The van der Waals surface area contributed by atoms with Crippen molar-refractivity contribution < 1.29 is 13.2 Å². The van der Waals surface area contributed by atoms with E-state index < -0.39 is 23.5 Å². The van der Waals surface area contributed by atoms with Gasteiger partial charge in [0, 0.05) is 24.7 Å². The molecular formula is C18H18F3N5O. The number of rotatable bonds is 3. The molecule has 0 radical (unpaired) electrons. The molecule has 1 aliphatic heterocycles. The van der Waals surface area contributed by atoms with Crippen LogP contribution in [0.1, 0.15) is 37.1 Å². The maximum atomic E-state index is 13.3. The van der Waals surface area contributed by atoms with Gasteiger partial charge in [-0.15, -0.1) is 0 Å². The smallest absolute Gasteiger partial charge is 0.356 e. The van der Waals surface area contributed by atoms with Gasteiger partial charge in [-0.2, -0.15) is 18.2 Å².